The third kappa shape index (κ3) is 7.62. The molecule has 0 heterocycles. The van der Waals surface area contributed by atoms with E-state index in [1.54, 1.807) is 0 Å². The molecule has 0 amide bonds. The highest BCUT2D eigenvalue weighted by Crippen LogP contribution is 2.30. The summed E-state index contributed by atoms with van der Waals surface area (Å²) in [4.78, 5) is 9.02. The van der Waals surface area contributed by atoms with Crippen molar-refractivity contribution in [3.05, 3.63) is 0 Å². The molecule has 0 aliphatic heterocycles. The minimum atomic E-state index is -1.68. The topological polar surface area (TPSA) is 64.7 Å². The highest BCUT2D eigenvalue weighted by atomic mass is 31.2. The maximum Gasteiger partial charge on any atom is 0.329 e. The van der Waals surface area contributed by atoms with Gasteiger partial charge in [-0.3, -0.25) is 0 Å². The van der Waals surface area contributed by atoms with Crippen molar-refractivity contribution in [2.45, 2.75) is 6.42 Å². The molecule has 0 aromatic heterocycles. The molecular weight excluding hydrogens is 203 g/mol. The first kappa shape index (κ1) is 14.2. The maximum absolute atomic E-state index is 9.02. The molecule has 3 N–H and O–H groups in total. The molecule has 1 unspecified atom stereocenters. The Labute approximate surface area is 87.4 Å². The van der Waals surface area contributed by atoms with Gasteiger partial charge in [-0.05, 0) is 6.54 Å². The molecule has 0 rings (SSSR count). The second kappa shape index (κ2) is 7.51. The van der Waals surface area contributed by atoms with Crippen molar-refractivity contribution in [3.63, 3.8) is 0 Å². The fourth-order valence-corrected chi connectivity index (χ4v) is 1.39. The molecule has 0 saturated heterocycles. The summed E-state index contributed by atoms with van der Waals surface area (Å²) in [7, 11) is 3.98. The van der Waals surface area contributed by atoms with Crippen LogP contribution in [0.15, 0.2) is 0 Å². The molecule has 0 saturated carbocycles. The predicted molar refractivity (Wildman–Crippen MR) is 57.6 cm³/mol. The van der Waals surface area contributed by atoms with E-state index in [1.807, 2.05) is 0 Å². The number of rotatable bonds is 8. The van der Waals surface area contributed by atoms with Gasteiger partial charge >= 0.3 is 8.60 Å². The third-order valence-electron chi connectivity index (χ3n) is 2.02. The lowest BCUT2D eigenvalue weighted by atomic mass is 10.3. The van der Waals surface area contributed by atoms with Crippen LogP contribution >= 0.6 is 8.60 Å². The zero-order chi connectivity index (χ0) is 11.0. The van der Waals surface area contributed by atoms with Crippen LogP contribution in [0.3, 0.4) is 0 Å². The van der Waals surface area contributed by atoms with Gasteiger partial charge in [0.05, 0.1) is 20.6 Å². The van der Waals surface area contributed by atoms with Crippen molar-refractivity contribution in [1.29, 1.82) is 0 Å². The minimum absolute atomic E-state index is 0.508. The number of hydrogen-bond acceptors (Lipinski definition) is 4. The monoisotopic (exact) mass is 225 g/mol. The minimum Gasteiger partial charge on any atom is -0.330 e. The molecule has 14 heavy (non-hydrogen) atoms. The summed E-state index contributed by atoms with van der Waals surface area (Å²) in [5, 5.41) is 0. The fourth-order valence-electron chi connectivity index (χ4n) is 1.05. The maximum atomic E-state index is 9.02. The second-order valence-corrected chi connectivity index (χ2v) is 4.88. The van der Waals surface area contributed by atoms with Crippen LogP contribution in [0.25, 0.3) is 0 Å². The lowest BCUT2D eigenvalue weighted by molar-refractivity contribution is -0.890. The molecule has 1 atom stereocenters. The van der Waals surface area contributed by atoms with Gasteiger partial charge in [0, 0.05) is 13.5 Å². The van der Waals surface area contributed by atoms with Crippen LogP contribution in [0.5, 0.6) is 0 Å². The Kier molecular flexibility index (Phi) is 7.64. The third-order valence-corrected chi connectivity index (χ3v) is 2.74. The van der Waals surface area contributed by atoms with Crippen molar-refractivity contribution >= 4 is 8.60 Å². The molecule has 0 spiro atoms. The van der Waals surface area contributed by atoms with Crippen molar-refractivity contribution in [3.8, 4) is 0 Å². The first-order valence-electron chi connectivity index (χ1n) is 4.70. The smallest absolute Gasteiger partial charge is 0.329 e. The van der Waals surface area contributed by atoms with Gasteiger partial charge in [-0.25, -0.2) is 0 Å². The Hall–Kier alpha value is 0.230. The predicted octanol–water partition coefficient (Wildman–Crippen LogP) is 0.294. The fraction of sp³-hybridized carbons (Fsp3) is 1.00. The van der Waals surface area contributed by atoms with Gasteiger partial charge in [0.2, 0.25) is 0 Å². The van der Waals surface area contributed by atoms with E-state index in [2.05, 4.69) is 18.6 Å². The van der Waals surface area contributed by atoms with Gasteiger partial charge in [0.15, 0.2) is 0 Å². The van der Waals surface area contributed by atoms with Crippen LogP contribution in [0.2, 0.25) is 0 Å². The SMILES string of the molecule is COP(O)OCC[N+](C)(C)CCCN. The number of nitrogens with zero attached hydrogens (tertiary/aromatic N) is 1. The van der Waals surface area contributed by atoms with E-state index in [-0.39, 0.29) is 0 Å². The molecule has 0 aliphatic rings. The quantitative estimate of drug-likeness (QED) is 0.460. The first-order chi connectivity index (χ1) is 6.52. The van der Waals surface area contributed by atoms with E-state index in [1.165, 1.54) is 7.11 Å². The Morgan fingerprint density at radius 3 is 2.50 bits per heavy atom. The lowest BCUT2D eigenvalue weighted by Crippen LogP contribution is -2.43. The van der Waals surface area contributed by atoms with Gasteiger partial charge in [0.1, 0.15) is 13.2 Å². The Morgan fingerprint density at radius 1 is 1.36 bits per heavy atom. The largest absolute Gasteiger partial charge is 0.330 e. The molecule has 6 heteroatoms. The van der Waals surface area contributed by atoms with Crippen molar-refractivity contribution in [2.24, 2.45) is 5.73 Å². The zero-order valence-corrected chi connectivity index (χ0v) is 10.2. The highest BCUT2D eigenvalue weighted by molar-refractivity contribution is 7.40. The van der Waals surface area contributed by atoms with Crippen molar-refractivity contribution in [2.75, 3.05) is 47.4 Å². The molecule has 0 fully saturated rings. The van der Waals surface area contributed by atoms with E-state index in [0.717, 1.165) is 24.0 Å². The van der Waals surface area contributed by atoms with Gasteiger partial charge in [-0.2, -0.15) is 0 Å². The van der Waals surface area contributed by atoms with E-state index in [4.69, 9.17) is 15.2 Å². The molecule has 0 aromatic rings. The summed E-state index contributed by atoms with van der Waals surface area (Å²) in [5.41, 5.74) is 5.44. The van der Waals surface area contributed by atoms with Crippen molar-refractivity contribution < 1.29 is 18.4 Å². The first-order valence-corrected chi connectivity index (χ1v) is 5.83. The molecule has 0 radical (unpaired) electrons. The van der Waals surface area contributed by atoms with Crippen LogP contribution in [-0.2, 0) is 9.05 Å². The molecule has 0 bridgehead atoms. The lowest BCUT2D eigenvalue weighted by Gasteiger charge is -2.29. The molecule has 5 nitrogen and oxygen atoms in total. The van der Waals surface area contributed by atoms with Crippen LogP contribution in [-0.4, -0.2) is 56.8 Å². The number of likely N-dealkylation sites (N-methyl/N-ethyl adjacent to an activating group) is 1. The average Bonchev–Trinajstić information content (AvgIpc) is 2.14. The van der Waals surface area contributed by atoms with Crippen LogP contribution in [0.1, 0.15) is 6.42 Å². The molecular formula is C8H22N2O3P+. The molecule has 0 aliphatic carbocycles. The van der Waals surface area contributed by atoms with Crippen LogP contribution in [0.4, 0.5) is 0 Å². The van der Waals surface area contributed by atoms with Gasteiger partial charge in [-0.1, -0.05) is 0 Å². The standard InChI is InChI=1S/C8H22N2O3P/c1-10(2,6-4-5-9)7-8-13-14(11)12-3/h11H,4-9H2,1-3H3/q+1. The number of quaternary nitrogens is 1. The summed E-state index contributed by atoms with van der Waals surface area (Å²) in [6.45, 7) is 3.10. The number of nitrogens with two attached hydrogens (primary N) is 1. The van der Waals surface area contributed by atoms with Crippen molar-refractivity contribution in [1.82, 2.24) is 0 Å². The van der Waals surface area contributed by atoms with Gasteiger partial charge < -0.3 is 24.2 Å². The van der Waals surface area contributed by atoms with E-state index >= 15 is 0 Å². The summed E-state index contributed by atoms with van der Waals surface area (Å²) in [6, 6.07) is 0. The van der Waals surface area contributed by atoms with Gasteiger partial charge in [-0.15, -0.1) is 0 Å². The second-order valence-electron chi connectivity index (χ2n) is 3.78. The van der Waals surface area contributed by atoms with E-state index < -0.39 is 8.60 Å². The Morgan fingerprint density at radius 2 is 2.00 bits per heavy atom. The normalized spacial score (nSPS) is 14.4. The molecule has 86 valence electrons. The summed E-state index contributed by atoms with van der Waals surface area (Å²) in [5.74, 6) is 0. The van der Waals surface area contributed by atoms with Gasteiger partial charge in [0.25, 0.3) is 0 Å². The Balaban J connectivity index is 3.54. The average molecular weight is 225 g/mol. The zero-order valence-electron chi connectivity index (χ0n) is 9.27. The van der Waals surface area contributed by atoms with Crippen LogP contribution in [0, 0.1) is 0 Å². The molecule has 0 aromatic carbocycles. The summed E-state index contributed by atoms with van der Waals surface area (Å²) < 4.78 is 10.5. The highest BCUT2D eigenvalue weighted by Gasteiger charge is 2.15. The number of hydrogen-bond donors (Lipinski definition) is 2. The van der Waals surface area contributed by atoms with Crippen LogP contribution < -0.4 is 5.73 Å². The van der Waals surface area contributed by atoms with E-state index in [0.29, 0.717) is 13.2 Å². The van der Waals surface area contributed by atoms with E-state index in [9.17, 15) is 0 Å². The summed E-state index contributed by atoms with van der Waals surface area (Å²) in [6.07, 6.45) is 1.01. The Bertz CT molecular complexity index is 147. The summed E-state index contributed by atoms with van der Waals surface area (Å²) >= 11 is 0.